The summed E-state index contributed by atoms with van der Waals surface area (Å²) < 4.78 is 18.8. The van der Waals surface area contributed by atoms with Crippen LogP contribution in [0.5, 0.6) is 0 Å². The maximum Gasteiger partial charge on any atom is 0.256 e. The van der Waals surface area contributed by atoms with Gasteiger partial charge in [0.15, 0.2) is 0 Å². The maximum absolute atomic E-state index is 13.7. The van der Waals surface area contributed by atoms with Crippen molar-refractivity contribution in [2.75, 3.05) is 26.8 Å². The number of carbonyl (C=O) groups excluding carboxylic acids is 1. The Balaban J connectivity index is 2.03. The average molecular weight is 265 g/mol. The molecular weight excluding hydrogens is 245 g/mol. The summed E-state index contributed by atoms with van der Waals surface area (Å²) in [7, 11) is 1.69. The van der Waals surface area contributed by atoms with Gasteiger partial charge in [-0.15, -0.1) is 0 Å². The molecule has 3 nitrogen and oxygen atoms in total. The van der Waals surface area contributed by atoms with Gasteiger partial charge in [0, 0.05) is 26.8 Å². The number of ether oxygens (including phenoxy) is 1. The second kappa shape index (κ2) is 6.15. The highest BCUT2D eigenvalue weighted by Crippen LogP contribution is 2.20. The molecule has 0 N–H and O–H groups in total. The lowest BCUT2D eigenvalue weighted by molar-refractivity contribution is 0.0609. The summed E-state index contributed by atoms with van der Waals surface area (Å²) in [5.41, 5.74) is 1.09. The first-order chi connectivity index (χ1) is 9.11. The van der Waals surface area contributed by atoms with Crippen molar-refractivity contribution in [1.82, 2.24) is 4.90 Å². The molecule has 0 aliphatic carbocycles. The second-order valence-electron chi connectivity index (χ2n) is 5.17. The van der Waals surface area contributed by atoms with Crippen LogP contribution in [0, 0.1) is 18.7 Å². The van der Waals surface area contributed by atoms with E-state index in [1.807, 2.05) is 6.92 Å². The quantitative estimate of drug-likeness (QED) is 0.841. The molecule has 104 valence electrons. The van der Waals surface area contributed by atoms with E-state index in [-0.39, 0.29) is 11.5 Å². The Morgan fingerprint density at radius 3 is 2.74 bits per heavy atom. The third kappa shape index (κ3) is 3.32. The lowest BCUT2D eigenvalue weighted by atomic mass is 9.97. The van der Waals surface area contributed by atoms with Crippen LogP contribution in [-0.4, -0.2) is 37.6 Å². The van der Waals surface area contributed by atoms with Gasteiger partial charge in [0.2, 0.25) is 0 Å². The van der Waals surface area contributed by atoms with Crippen molar-refractivity contribution in [3.63, 3.8) is 0 Å². The number of rotatable bonds is 3. The zero-order chi connectivity index (χ0) is 13.8. The Morgan fingerprint density at radius 2 is 2.11 bits per heavy atom. The minimum atomic E-state index is -0.436. The molecule has 0 saturated carbocycles. The molecule has 1 amide bonds. The number of nitrogens with zero attached hydrogens (tertiary/aromatic N) is 1. The Labute approximate surface area is 113 Å². The molecule has 0 radical (unpaired) electrons. The van der Waals surface area contributed by atoms with E-state index >= 15 is 0 Å². The van der Waals surface area contributed by atoms with Crippen molar-refractivity contribution in [3.05, 3.63) is 35.1 Å². The summed E-state index contributed by atoms with van der Waals surface area (Å²) in [6.07, 6.45) is 1.85. The summed E-state index contributed by atoms with van der Waals surface area (Å²) in [5.74, 6) is -0.122. The zero-order valence-corrected chi connectivity index (χ0v) is 11.5. The summed E-state index contributed by atoms with van der Waals surface area (Å²) in [4.78, 5) is 14.0. The van der Waals surface area contributed by atoms with E-state index in [9.17, 15) is 9.18 Å². The van der Waals surface area contributed by atoms with Gasteiger partial charge in [-0.3, -0.25) is 4.79 Å². The number of hydrogen-bond donors (Lipinski definition) is 0. The van der Waals surface area contributed by atoms with E-state index in [1.165, 1.54) is 6.07 Å². The van der Waals surface area contributed by atoms with Gasteiger partial charge in [0.05, 0.1) is 5.56 Å². The van der Waals surface area contributed by atoms with Crippen LogP contribution >= 0.6 is 0 Å². The van der Waals surface area contributed by atoms with E-state index in [0.717, 1.165) is 25.0 Å². The number of carbonyl (C=O) groups is 1. The fraction of sp³-hybridized carbons (Fsp3) is 0.533. The number of hydrogen-bond acceptors (Lipinski definition) is 2. The molecule has 1 fully saturated rings. The van der Waals surface area contributed by atoms with Crippen LogP contribution in [0.4, 0.5) is 4.39 Å². The smallest absolute Gasteiger partial charge is 0.256 e. The average Bonchev–Trinajstić information content (AvgIpc) is 2.42. The van der Waals surface area contributed by atoms with Crippen LogP contribution in [0.3, 0.4) is 0 Å². The lowest BCUT2D eigenvalue weighted by Gasteiger charge is -2.31. The highest BCUT2D eigenvalue weighted by atomic mass is 19.1. The first kappa shape index (κ1) is 14.0. The van der Waals surface area contributed by atoms with Crippen molar-refractivity contribution in [2.24, 2.45) is 5.92 Å². The molecule has 19 heavy (non-hydrogen) atoms. The van der Waals surface area contributed by atoms with Crippen molar-refractivity contribution in [1.29, 1.82) is 0 Å². The number of likely N-dealkylation sites (tertiary alicyclic amines) is 1. The van der Waals surface area contributed by atoms with Crippen molar-refractivity contribution < 1.29 is 13.9 Å². The van der Waals surface area contributed by atoms with E-state index in [2.05, 4.69) is 0 Å². The molecule has 0 unspecified atom stereocenters. The number of amides is 1. The van der Waals surface area contributed by atoms with Crippen LogP contribution in [0.15, 0.2) is 18.2 Å². The summed E-state index contributed by atoms with van der Waals surface area (Å²) in [6, 6.07) is 4.66. The minimum Gasteiger partial charge on any atom is -0.384 e. The third-order valence-corrected chi connectivity index (χ3v) is 3.66. The van der Waals surface area contributed by atoms with Gasteiger partial charge in [-0.1, -0.05) is 11.6 Å². The minimum absolute atomic E-state index is 0.185. The number of benzene rings is 1. The van der Waals surface area contributed by atoms with Crippen LogP contribution in [0.25, 0.3) is 0 Å². The molecule has 1 aromatic carbocycles. The van der Waals surface area contributed by atoms with Crippen molar-refractivity contribution in [2.45, 2.75) is 19.8 Å². The molecule has 0 aromatic heterocycles. The van der Waals surface area contributed by atoms with Gasteiger partial charge in [-0.25, -0.2) is 4.39 Å². The Morgan fingerprint density at radius 1 is 1.42 bits per heavy atom. The van der Waals surface area contributed by atoms with Crippen molar-refractivity contribution in [3.8, 4) is 0 Å². The highest BCUT2D eigenvalue weighted by molar-refractivity contribution is 5.94. The molecule has 1 aliphatic heterocycles. The van der Waals surface area contributed by atoms with E-state index in [0.29, 0.717) is 19.0 Å². The first-order valence-electron chi connectivity index (χ1n) is 6.66. The topological polar surface area (TPSA) is 29.5 Å². The lowest BCUT2D eigenvalue weighted by Crippen LogP contribution is -2.39. The van der Waals surface area contributed by atoms with Gasteiger partial charge in [0.25, 0.3) is 5.91 Å². The number of halogens is 1. The van der Waals surface area contributed by atoms with E-state index in [1.54, 1.807) is 24.1 Å². The van der Waals surface area contributed by atoms with Crippen LogP contribution in [-0.2, 0) is 4.74 Å². The molecule has 4 heteroatoms. The number of methoxy groups -OCH3 is 1. The Kier molecular flexibility index (Phi) is 4.53. The molecule has 0 spiro atoms. The zero-order valence-electron chi connectivity index (χ0n) is 11.5. The van der Waals surface area contributed by atoms with Gasteiger partial charge in [-0.05, 0) is 37.8 Å². The summed E-state index contributed by atoms with van der Waals surface area (Å²) in [5, 5.41) is 0. The molecular formula is C15H20FNO2. The first-order valence-corrected chi connectivity index (χ1v) is 6.66. The largest absolute Gasteiger partial charge is 0.384 e. The Bertz CT molecular complexity index is 453. The number of aryl methyl sites for hydroxylation is 1. The fourth-order valence-corrected chi connectivity index (χ4v) is 2.51. The molecule has 2 rings (SSSR count). The SMILES string of the molecule is COCC1CCN(C(=O)c2cc(C)ccc2F)CC1. The third-order valence-electron chi connectivity index (χ3n) is 3.66. The monoisotopic (exact) mass is 265 g/mol. The molecule has 0 bridgehead atoms. The standard InChI is InChI=1S/C15H20FNO2/c1-11-3-4-14(16)13(9-11)15(18)17-7-5-12(6-8-17)10-19-2/h3-4,9,12H,5-8,10H2,1-2H3. The van der Waals surface area contributed by atoms with Gasteiger partial charge in [-0.2, -0.15) is 0 Å². The second-order valence-corrected chi connectivity index (χ2v) is 5.17. The van der Waals surface area contributed by atoms with Crippen LogP contribution in [0.1, 0.15) is 28.8 Å². The van der Waals surface area contributed by atoms with Gasteiger partial charge in [0.1, 0.15) is 5.82 Å². The van der Waals surface area contributed by atoms with Gasteiger partial charge >= 0.3 is 0 Å². The molecule has 1 saturated heterocycles. The maximum atomic E-state index is 13.7. The summed E-state index contributed by atoms with van der Waals surface area (Å²) >= 11 is 0. The predicted octanol–water partition coefficient (Wildman–Crippen LogP) is 2.63. The molecule has 0 atom stereocenters. The Hall–Kier alpha value is -1.42. The normalized spacial score (nSPS) is 16.7. The summed E-state index contributed by atoms with van der Waals surface area (Å²) in [6.45, 7) is 3.96. The van der Waals surface area contributed by atoms with Crippen molar-refractivity contribution >= 4 is 5.91 Å². The number of piperidine rings is 1. The predicted molar refractivity (Wildman–Crippen MR) is 71.6 cm³/mol. The highest BCUT2D eigenvalue weighted by Gasteiger charge is 2.25. The molecule has 1 aliphatic rings. The van der Waals surface area contributed by atoms with E-state index in [4.69, 9.17) is 4.74 Å². The fourth-order valence-electron chi connectivity index (χ4n) is 2.51. The van der Waals surface area contributed by atoms with Crippen LogP contribution in [0.2, 0.25) is 0 Å². The van der Waals surface area contributed by atoms with Crippen LogP contribution < -0.4 is 0 Å². The molecule has 1 aromatic rings. The molecule has 1 heterocycles. The van der Waals surface area contributed by atoms with E-state index < -0.39 is 5.82 Å². The van der Waals surface area contributed by atoms with Gasteiger partial charge < -0.3 is 9.64 Å².